The van der Waals surface area contributed by atoms with E-state index in [-0.39, 0.29) is 40.5 Å². The highest BCUT2D eigenvalue weighted by molar-refractivity contribution is 7.99. The first-order chi connectivity index (χ1) is 18.4. The molecule has 9 heteroatoms. The highest BCUT2D eigenvalue weighted by Crippen LogP contribution is 2.68. The van der Waals surface area contributed by atoms with Crippen molar-refractivity contribution >= 4 is 23.5 Å². The molecule has 39 heavy (non-hydrogen) atoms. The summed E-state index contributed by atoms with van der Waals surface area (Å²) in [5, 5.41) is 19.0. The SMILES string of the molecule is C=C[C@]1(C)C[C@@H](OC(=O)CSc2n[nH]c(-c3ccc(F)cc3)n2)[C@]2(C)[C@H](C)CC[C@]3(CCC(=O)[C@H]32)[C@@H](C)[C@@H]1O. The maximum absolute atomic E-state index is 13.5. The molecule has 210 valence electrons. The van der Waals surface area contributed by atoms with Crippen LogP contribution in [-0.2, 0) is 14.3 Å². The van der Waals surface area contributed by atoms with Gasteiger partial charge >= 0.3 is 5.97 Å². The Bertz CT molecular complexity index is 1270. The minimum Gasteiger partial charge on any atom is -0.461 e. The van der Waals surface area contributed by atoms with Crippen molar-refractivity contribution in [3.05, 3.63) is 42.7 Å². The second kappa shape index (κ2) is 10.1. The lowest BCUT2D eigenvalue weighted by Gasteiger charge is -2.61. The molecule has 3 fully saturated rings. The van der Waals surface area contributed by atoms with E-state index in [4.69, 9.17) is 4.74 Å². The Kier molecular flexibility index (Phi) is 7.29. The van der Waals surface area contributed by atoms with Crippen LogP contribution >= 0.6 is 11.8 Å². The lowest BCUT2D eigenvalue weighted by Crippen LogP contribution is -2.63. The molecule has 1 aromatic heterocycles. The van der Waals surface area contributed by atoms with Crippen LogP contribution in [0.3, 0.4) is 0 Å². The number of nitrogens with one attached hydrogen (secondary N) is 1. The summed E-state index contributed by atoms with van der Waals surface area (Å²) in [6, 6.07) is 5.91. The van der Waals surface area contributed by atoms with E-state index in [1.807, 2.05) is 6.92 Å². The lowest BCUT2D eigenvalue weighted by molar-refractivity contribution is -0.205. The van der Waals surface area contributed by atoms with Gasteiger partial charge in [-0.1, -0.05) is 45.5 Å². The van der Waals surface area contributed by atoms with Gasteiger partial charge in [0.1, 0.15) is 17.7 Å². The topological polar surface area (TPSA) is 105 Å². The van der Waals surface area contributed by atoms with Crippen molar-refractivity contribution in [2.45, 2.75) is 77.2 Å². The third-order valence-electron chi connectivity index (χ3n) is 10.5. The molecule has 0 spiro atoms. The van der Waals surface area contributed by atoms with Crippen molar-refractivity contribution in [3.63, 3.8) is 0 Å². The number of ether oxygens (including phenoxy) is 1. The van der Waals surface area contributed by atoms with Crippen LogP contribution in [0.1, 0.15) is 59.8 Å². The Morgan fingerprint density at radius 3 is 2.69 bits per heavy atom. The predicted octanol–water partition coefficient (Wildman–Crippen LogP) is 5.61. The molecule has 2 aromatic rings. The number of thioether (sulfide) groups is 1. The number of carbonyl (C=O) groups is 2. The summed E-state index contributed by atoms with van der Waals surface area (Å²) in [5.74, 6) is -0.202. The summed E-state index contributed by atoms with van der Waals surface area (Å²) >= 11 is 1.15. The van der Waals surface area contributed by atoms with Crippen molar-refractivity contribution < 1.29 is 23.8 Å². The zero-order chi connectivity index (χ0) is 28.2. The predicted molar refractivity (Wildman–Crippen MR) is 147 cm³/mol. The van der Waals surface area contributed by atoms with Gasteiger partial charge < -0.3 is 9.84 Å². The molecule has 3 saturated carbocycles. The maximum atomic E-state index is 13.5. The van der Waals surface area contributed by atoms with Crippen LogP contribution in [0.15, 0.2) is 42.1 Å². The average molecular weight is 556 g/mol. The number of nitrogens with zero attached hydrogens (tertiary/aromatic N) is 2. The largest absolute Gasteiger partial charge is 0.461 e. The number of hydrogen-bond acceptors (Lipinski definition) is 7. The molecule has 5 rings (SSSR count). The number of rotatable bonds is 6. The van der Waals surface area contributed by atoms with Crippen LogP contribution in [0, 0.1) is 39.8 Å². The smallest absolute Gasteiger partial charge is 0.316 e. The summed E-state index contributed by atoms with van der Waals surface area (Å²) in [7, 11) is 0. The zero-order valence-corrected chi connectivity index (χ0v) is 23.9. The quantitative estimate of drug-likeness (QED) is 0.271. The van der Waals surface area contributed by atoms with Gasteiger partial charge in [0.25, 0.3) is 0 Å². The van der Waals surface area contributed by atoms with Gasteiger partial charge in [-0.3, -0.25) is 14.7 Å². The molecule has 1 aromatic carbocycles. The van der Waals surface area contributed by atoms with Crippen molar-refractivity contribution in [1.82, 2.24) is 15.2 Å². The molecule has 0 aliphatic heterocycles. The minimum absolute atomic E-state index is 0.00477. The van der Waals surface area contributed by atoms with Gasteiger partial charge in [0.15, 0.2) is 5.82 Å². The van der Waals surface area contributed by atoms with Crippen molar-refractivity contribution in [2.75, 3.05) is 5.75 Å². The third kappa shape index (κ3) is 4.55. The second-order valence-electron chi connectivity index (χ2n) is 12.3. The molecule has 0 radical (unpaired) electrons. The van der Waals surface area contributed by atoms with Gasteiger partial charge in [-0.2, -0.15) is 0 Å². The summed E-state index contributed by atoms with van der Waals surface area (Å²) in [6.45, 7) is 12.4. The number of aliphatic hydroxyl groups is 1. The molecular formula is C30H38FN3O4S. The number of ketones is 1. The van der Waals surface area contributed by atoms with E-state index < -0.39 is 29.0 Å². The lowest BCUT2D eigenvalue weighted by atomic mass is 9.44. The highest BCUT2D eigenvalue weighted by atomic mass is 32.2. The van der Waals surface area contributed by atoms with E-state index in [1.54, 1.807) is 18.2 Å². The zero-order valence-electron chi connectivity index (χ0n) is 23.1. The van der Waals surface area contributed by atoms with Gasteiger partial charge in [-0.05, 0) is 67.2 Å². The van der Waals surface area contributed by atoms with Gasteiger partial charge in [-0.15, -0.1) is 11.7 Å². The van der Waals surface area contributed by atoms with E-state index in [9.17, 15) is 19.1 Å². The number of Topliss-reactive ketones (excluding diaryl/α,β-unsaturated/α-hetero) is 1. The van der Waals surface area contributed by atoms with Crippen LogP contribution < -0.4 is 0 Å². The maximum Gasteiger partial charge on any atom is 0.316 e. The van der Waals surface area contributed by atoms with Crippen molar-refractivity contribution in [1.29, 1.82) is 0 Å². The number of hydrogen-bond donors (Lipinski definition) is 2. The molecule has 2 N–H and O–H groups in total. The Labute approximate surface area is 233 Å². The summed E-state index contributed by atoms with van der Waals surface area (Å²) in [5.41, 5.74) is -0.844. The average Bonchev–Trinajstić information content (AvgIpc) is 3.54. The summed E-state index contributed by atoms with van der Waals surface area (Å²) in [4.78, 5) is 31.2. The Balaban J connectivity index is 1.39. The van der Waals surface area contributed by atoms with E-state index in [2.05, 4.69) is 42.5 Å². The van der Waals surface area contributed by atoms with Gasteiger partial charge in [0, 0.05) is 28.7 Å². The Hall–Kier alpha value is -2.52. The number of aliphatic hydroxyl groups excluding tert-OH is 1. The van der Waals surface area contributed by atoms with Gasteiger partial charge in [-0.25, -0.2) is 9.37 Å². The first-order valence-electron chi connectivity index (χ1n) is 13.8. The number of carbonyl (C=O) groups excluding carboxylic acids is 2. The first-order valence-corrected chi connectivity index (χ1v) is 14.8. The van der Waals surface area contributed by atoms with Crippen LogP contribution in [-0.4, -0.2) is 50.0 Å². The standard InChI is InChI=1S/C30H38FN3O4S/c1-6-28(4)15-22(29(5)17(2)11-13-30(18(3)25(28)37)14-12-21(35)24(29)30)38-23(36)16-39-27-32-26(33-34-27)19-7-9-20(31)10-8-19/h6-10,17-18,22,24-25,37H,1,11-16H2,2-5H3,(H,32,33,34)/t17-,18+,22-,24+,25+,28-,29+,30+/m1/s1. The number of halogens is 1. The van der Waals surface area contributed by atoms with Crippen LogP contribution in [0.4, 0.5) is 4.39 Å². The molecule has 2 bridgehead atoms. The Morgan fingerprint density at radius 1 is 1.28 bits per heavy atom. The molecule has 0 saturated heterocycles. The third-order valence-corrected chi connectivity index (χ3v) is 11.3. The normalized spacial score (nSPS) is 38.0. The molecule has 0 amide bonds. The fraction of sp³-hybridized carbons (Fsp3) is 0.600. The molecule has 3 aliphatic rings. The van der Waals surface area contributed by atoms with Crippen LogP contribution in [0.25, 0.3) is 11.4 Å². The van der Waals surface area contributed by atoms with Crippen LogP contribution in [0.2, 0.25) is 0 Å². The molecule has 0 unspecified atom stereocenters. The number of benzene rings is 1. The fourth-order valence-electron chi connectivity index (χ4n) is 7.87. The molecule has 3 aliphatic carbocycles. The molecule has 7 nitrogen and oxygen atoms in total. The van der Waals surface area contributed by atoms with Crippen molar-refractivity contribution in [3.8, 4) is 11.4 Å². The van der Waals surface area contributed by atoms with Crippen molar-refractivity contribution in [2.24, 2.45) is 34.0 Å². The van der Waals surface area contributed by atoms with Crippen LogP contribution in [0.5, 0.6) is 0 Å². The fourth-order valence-corrected chi connectivity index (χ4v) is 8.45. The van der Waals surface area contributed by atoms with E-state index >= 15 is 0 Å². The monoisotopic (exact) mass is 555 g/mol. The van der Waals surface area contributed by atoms with Gasteiger partial charge in [0.05, 0.1) is 11.9 Å². The molecule has 1 heterocycles. The first kappa shape index (κ1) is 28.0. The van der Waals surface area contributed by atoms with E-state index in [1.165, 1.54) is 12.1 Å². The minimum atomic E-state index is -0.699. The summed E-state index contributed by atoms with van der Waals surface area (Å²) in [6.07, 6.45) is 4.03. The van der Waals surface area contributed by atoms with Gasteiger partial charge in [0.2, 0.25) is 5.16 Å². The molecular weight excluding hydrogens is 517 g/mol. The van der Waals surface area contributed by atoms with E-state index in [0.29, 0.717) is 29.4 Å². The summed E-state index contributed by atoms with van der Waals surface area (Å²) < 4.78 is 19.5. The highest BCUT2D eigenvalue weighted by Gasteiger charge is 2.68. The number of aromatic amines is 1. The second-order valence-corrected chi connectivity index (χ2v) is 13.3. The van der Waals surface area contributed by atoms with E-state index in [0.717, 1.165) is 31.0 Å². The Morgan fingerprint density at radius 2 is 2.00 bits per heavy atom. The molecule has 8 atom stereocenters. The number of esters is 1. The number of aromatic nitrogens is 3. The number of H-pyrrole nitrogens is 1.